The summed E-state index contributed by atoms with van der Waals surface area (Å²) in [5.41, 5.74) is 7.56. The normalized spacial score (nSPS) is 10.8. The molecule has 1 rings (SSSR count). The second-order valence-corrected chi connectivity index (χ2v) is 3.80. The summed E-state index contributed by atoms with van der Waals surface area (Å²) in [6.07, 6.45) is 0. The molecular formula is C12H20N2O2. The number of methoxy groups -OCH3 is 2. The topological polar surface area (TPSA) is 47.7 Å². The first-order valence-corrected chi connectivity index (χ1v) is 5.27. The lowest BCUT2D eigenvalue weighted by molar-refractivity contribution is 0.158. The first-order chi connectivity index (χ1) is 7.67. The Balaban J connectivity index is 2.65. The summed E-state index contributed by atoms with van der Waals surface area (Å²) in [6, 6.07) is 5.74. The monoisotopic (exact) mass is 224 g/mol. The zero-order chi connectivity index (χ0) is 12.0. The second-order valence-electron chi connectivity index (χ2n) is 3.80. The Bertz CT molecular complexity index is 329. The number of benzene rings is 1. The molecule has 16 heavy (non-hydrogen) atoms. The Kier molecular flexibility index (Phi) is 5.08. The quantitative estimate of drug-likeness (QED) is 0.741. The van der Waals surface area contributed by atoms with E-state index in [0.717, 1.165) is 36.7 Å². The fourth-order valence-electron chi connectivity index (χ4n) is 1.51. The molecule has 90 valence electrons. The zero-order valence-electron chi connectivity index (χ0n) is 10.2. The van der Waals surface area contributed by atoms with E-state index in [-0.39, 0.29) is 0 Å². The van der Waals surface area contributed by atoms with Crippen molar-refractivity contribution >= 4 is 5.69 Å². The third kappa shape index (κ3) is 3.72. The molecule has 4 nitrogen and oxygen atoms in total. The number of likely N-dealkylation sites (N-methyl/N-ethyl adjacent to an activating group) is 1. The zero-order valence-corrected chi connectivity index (χ0v) is 10.2. The lowest BCUT2D eigenvalue weighted by Gasteiger charge is -2.18. The van der Waals surface area contributed by atoms with Crippen molar-refractivity contribution in [3.8, 4) is 5.75 Å². The molecule has 0 aliphatic carbocycles. The van der Waals surface area contributed by atoms with Crippen molar-refractivity contribution in [2.45, 2.75) is 6.54 Å². The van der Waals surface area contributed by atoms with E-state index in [4.69, 9.17) is 15.2 Å². The van der Waals surface area contributed by atoms with Gasteiger partial charge in [-0.15, -0.1) is 0 Å². The highest BCUT2D eigenvalue weighted by molar-refractivity contribution is 5.48. The number of hydrogen-bond acceptors (Lipinski definition) is 4. The standard InChI is InChI=1S/C12H20N2O2/c1-14(6-7-15-2)9-10-4-5-11(13)8-12(10)16-3/h4-5,8H,6-7,9,13H2,1-3H3. The molecule has 0 amide bonds. The molecule has 1 aromatic carbocycles. The molecule has 0 bridgehead atoms. The van der Waals surface area contributed by atoms with Gasteiger partial charge in [0.1, 0.15) is 5.75 Å². The van der Waals surface area contributed by atoms with Crippen LogP contribution in [0.25, 0.3) is 0 Å². The minimum atomic E-state index is 0.722. The van der Waals surface area contributed by atoms with Gasteiger partial charge < -0.3 is 15.2 Å². The molecule has 0 aliphatic rings. The average Bonchev–Trinajstić information content (AvgIpc) is 2.28. The third-order valence-electron chi connectivity index (χ3n) is 2.43. The van der Waals surface area contributed by atoms with Crippen molar-refractivity contribution < 1.29 is 9.47 Å². The van der Waals surface area contributed by atoms with E-state index >= 15 is 0 Å². The van der Waals surface area contributed by atoms with Crippen LogP contribution in [0.1, 0.15) is 5.56 Å². The summed E-state index contributed by atoms with van der Waals surface area (Å²) in [5, 5.41) is 0. The van der Waals surface area contributed by atoms with Crippen LogP contribution in [0.5, 0.6) is 5.75 Å². The van der Waals surface area contributed by atoms with Crippen LogP contribution in [0.4, 0.5) is 5.69 Å². The van der Waals surface area contributed by atoms with Crippen LogP contribution in [0.15, 0.2) is 18.2 Å². The SMILES string of the molecule is COCCN(C)Cc1ccc(N)cc1OC. The Hall–Kier alpha value is -1.26. The van der Waals surface area contributed by atoms with Crippen molar-refractivity contribution in [2.24, 2.45) is 0 Å². The molecule has 0 aromatic heterocycles. The first kappa shape index (κ1) is 12.8. The van der Waals surface area contributed by atoms with Crippen LogP contribution in [0, 0.1) is 0 Å². The molecule has 4 heteroatoms. The van der Waals surface area contributed by atoms with E-state index in [2.05, 4.69) is 11.9 Å². The van der Waals surface area contributed by atoms with Gasteiger partial charge in [0, 0.05) is 37.5 Å². The highest BCUT2D eigenvalue weighted by Crippen LogP contribution is 2.22. The predicted octanol–water partition coefficient (Wildman–Crippen LogP) is 1.36. The van der Waals surface area contributed by atoms with E-state index in [1.165, 1.54) is 0 Å². The molecule has 0 radical (unpaired) electrons. The smallest absolute Gasteiger partial charge is 0.125 e. The second kappa shape index (κ2) is 6.35. The maximum atomic E-state index is 5.70. The molecule has 1 aromatic rings. The summed E-state index contributed by atoms with van der Waals surface area (Å²) < 4.78 is 10.3. The fourth-order valence-corrected chi connectivity index (χ4v) is 1.51. The molecular weight excluding hydrogens is 204 g/mol. The minimum absolute atomic E-state index is 0.722. The summed E-state index contributed by atoms with van der Waals surface area (Å²) >= 11 is 0. The molecule has 2 N–H and O–H groups in total. The van der Waals surface area contributed by atoms with E-state index in [1.807, 2.05) is 18.2 Å². The van der Waals surface area contributed by atoms with Gasteiger partial charge in [-0.2, -0.15) is 0 Å². The first-order valence-electron chi connectivity index (χ1n) is 5.27. The Morgan fingerprint density at radius 1 is 1.31 bits per heavy atom. The van der Waals surface area contributed by atoms with Crippen molar-refractivity contribution in [3.63, 3.8) is 0 Å². The van der Waals surface area contributed by atoms with Gasteiger partial charge in [0.15, 0.2) is 0 Å². The average molecular weight is 224 g/mol. The molecule has 0 saturated heterocycles. The van der Waals surface area contributed by atoms with Crippen LogP contribution in [0.3, 0.4) is 0 Å². The van der Waals surface area contributed by atoms with E-state index in [9.17, 15) is 0 Å². The molecule has 0 heterocycles. The van der Waals surface area contributed by atoms with E-state index < -0.39 is 0 Å². The van der Waals surface area contributed by atoms with Crippen LogP contribution in [0.2, 0.25) is 0 Å². The fraction of sp³-hybridized carbons (Fsp3) is 0.500. The molecule has 0 fully saturated rings. The van der Waals surface area contributed by atoms with Crippen molar-refractivity contribution in [1.29, 1.82) is 0 Å². The van der Waals surface area contributed by atoms with Gasteiger partial charge in [-0.05, 0) is 13.1 Å². The Morgan fingerprint density at radius 2 is 2.06 bits per heavy atom. The number of nitrogens with two attached hydrogens (primary N) is 1. The van der Waals surface area contributed by atoms with Gasteiger partial charge in [-0.25, -0.2) is 0 Å². The lowest BCUT2D eigenvalue weighted by Crippen LogP contribution is -2.22. The van der Waals surface area contributed by atoms with Gasteiger partial charge in [-0.1, -0.05) is 6.07 Å². The lowest BCUT2D eigenvalue weighted by atomic mass is 10.1. The number of rotatable bonds is 6. The van der Waals surface area contributed by atoms with E-state index in [0.29, 0.717) is 0 Å². The molecule has 0 saturated carbocycles. The van der Waals surface area contributed by atoms with Gasteiger partial charge in [-0.3, -0.25) is 4.90 Å². The maximum Gasteiger partial charge on any atom is 0.125 e. The molecule has 0 spiro atoms. The highest BCUT2D eigenvalue weighted by atomic mass is 16.5. The van der Waals surface area contributed by atoms with Crippen molar-refractivity contribution in [3.05, 3.63) is 23.8 Å². The van der Waals surface area contributed by atoms with Gasteiger partial charge >= 0.3 is 0 Å². The van der Waals surface area contributed by atoms with Crippen molar-refractivity contribution in [2.75, 3.05) is 40.2 Å². The predicted molar refractivity (Wildman–Crippen MR) is 65.6 cm³/mol. The molecule has 0 unspecified atom stereocenters. The van der Waals surface area contributed by atoms with Crippen LogP contribution in [-0.4, -0.2) is 39.3 Å². The highest BCUT2D eigenvalue weighted by Gasteiger charge is 2.06. The number of nitrogens with zero attached hydrogens (tertiary/aromatic N) is 1. The summed E-state index contributed by atoms with van der Waals surface area (Å²) in [6.45, 7) is 2.45. The van der Waals surface area contributed by atoms with Gasteiger partial charge in [0.05, 0.1) is 13.7 Å². The van der Waals surface area contributed by atoms with Crippen LogP contribution >= 0.6 is 0 Å². The third-order valence-corrected chi connectivity index (χ3v) is 2.43. The van der Waals surface area contributed by atoms with Crippen LogP contribution in [-0.2, 0) is 11.3 Å². The van der Waals surface area contributed by atoms with E-state index in [1.54, 1.807) is 14.2 Å². The summed E-state index contributed by atoms with van der Waals surface area (Å²) in [4.78, 5) is 2.18. The summed E-state index contributed by atoms with van der Waals surface area (Å²) in [7, 11) is 5.42. The van der Waals surface area contributed by atoms with Crippen LogP contribution < -0.4 is 10.5 Å². The minimum Gasteiger partial charge on any atom is -0.496 e. The van der Waals surface area contributed by atoms with Gasteiger partial charge in [0.2, 0.25) is 0 Å². The Labute approximate surface area is 96.9 Å². The molecule has 0 aliphatic heterocycles. The molecule has 0 atom stereocenters. The van der Waals surface area contributed by atoms with Gasteiger partial charge in [0.25, 0.3) is 0 Å². The number of ether oxygens (including phenoxy) is 2. The maximum absolute atomic E-state index is 5.70. The number of hydrogen-bond donors (Lipinski definition) is 1. The number of nitrogen functional groups attached to an aromatic ring is 1. The van der Waals surface area contributed by atoms with Crippen molar-refractivity contribution in [1.82, 2.24) is 4.90 Å². The Morgan fingerprint density at radius 3 is 2.69 bits per heavy atom. The number of anilines is 1. The summed E-state index contributed by atoms with van der Waals surface area (Å²) in [5.74, 6) is 0.837. The largest absolute Gasteiger partial charge is 0.496 e.